The molecular weight excluding hydrogens is 196 g/mol. The third-order valence-electron chi connectivity index (χ3n) is 3.77. The third-order valence-corrected chi connectivity index (χ3v) is 3.77. The largest absolute Gasteiger partial charge is 0.313 e. The van der Waals surface area contributed by atoms with Crippen molar-refractivity contribution >= 4 is 0 Å². The second-order valence-electron chi connectivity index (χ2n) is 5.73. The molecular formula is C14H26N2. The maximum Gasteiger partial charge on any atom is 0.0197 e. The first-order chi connectivity index (χ1) is 7.75. The Balaban J connectivity index is 1.87. The van der Waals surface area contributed by atoms with Crippen LogP contribution in [0.2, 0.25) is 0 Å². The van der Waals surface area contributed by atoms with Crippen LogP contribution in [-0.4, -0.2) is 36.6 Å². The van der Waals surface area contributed by atoms with Crippen LogP contribution in [0.1, 0.15) is 39.5 Å². The second kappa shape index (κ2) is 5.83. The molecule has 0 amide bonds. The van der Waals surface area contributed by atoms with E-state index < -0.39 is 0 Å². The highest BCUT2D eigenvalue weighted by Gasteiger charge is 2.24. The molecule has 16 heavy (non-hydrogen) atoms. The molecule has 0 aromatic carbocycles. The zero-order valence-electron chi connectivity index (χ0n) is 10.8. The Labute approximate surface area is 100 Å². The molecule has 0 radical (unpaired) electrons. The molecule has 2 heteroatoms. The summed E-state index contributed by atoms with van der Waals surface area (Å²) in [5.41, 5.74) is 0. The summed E-state index contributed by atoms with van der Waals surface area (Å²) < 4.78 is 0. The fourth-order valence-corrected chi connectivity index (χ4v) is 2.99. The van der Waals surface area contributed by atoms with Crippen molar-refractivity contribution in [2.45, 2.75) is 51.6 Å². The summed E-state index contributed by atoms with van der Waals surface area (Å²) in [7, 11) is 0. The Bertz CT molecular complexity index is 227. The molecule has 1 fully saturated rings. The van der Waals surface area contributed by atoms with Gasteiger partial charge in [0.15, 0.2) is 0 Å². The number of rotatable bonds is 3. The summed E-state index contributed by atoms with van der Waals surface area (Å²) in [4.78, 5) is 2.72. The normalized spacial score (nSPS) is 28.8. The Kier molecular flexibility index (Phi) is 4.42. The van der Waals surface area contributed by atoms with Crippen LogP contribution >= 0.6 is 0 Å². The average molecular weight is 222 g/mol. The smallest absolute Gasteiger partial charge is 0.0197 e. The highest BCUT2D eigenvalue weighted by atomic mass is 15.2. The molecule has 2 nitrogen and oxygen atoms in total. The zero-order chi connectivity index (χ0) is 11.4. The van der Waals surface area contributed by atoms with Crippen molar-refractivity contribution in [1.82, 2.24) is 10.2 Å². The van der Waals surface area contributed by atoms with Crippen LogP contribution in [0.25, 0.3) is 0 Å². The molecule has 1 unspecified atom stereocenters. The van der Waals surface area contributed by atoms with E-state index in [0.717, 1.165) is 12.0 Å². The van der Waals surface area contributed by atoms with Gasteiger partial charge < -0.3 is 5.32 Å². The van der Waals surface area contributed by atoms with Gasteiger partial charge in [-0.25, -0.2) is 0 Å². The lowest BCUT2D eigenvalue weighted by atomic mass is 10.0. The maximum absolute atomic E-state index is 3.70. The summed E-state index contributed by atoms with van der Waals surface area (Å²) >= 11 is 0. The summed E-state index contributed by atoms with van der Waals surface area (Å²) in [5.74, 6) is 0.805. The second-order valence-corrected chi connectivity index (χ2v) is 5.73. The van der Waals surface area contributed by atoms with Gasteiger partial charge in [-0.1, -0.05) is 26.0 Å². The van der Waals surface area contributed by atoms with Crippen molar-refractivity contribution in [3.63, 3.8) is 0 Å². The van der Waals surface area contributed by atoms with E-state index in [1.54, 1.807) is 0 Å². The average Bonchev–Trinajstić information content (AvgIpc) is 2.66. The fraction of sp³-hybridized carbons (Fsp3) is 0.857. The predicted molar refractivity (Wildman–Crippen MR) is 69.6 cm³/mol. The van der Waals surface area contributed by atoms with E-state index in [2.05, 4.69) is 36.2 Å². The topological polar surface area (TPSA) is 15.3 Å². The molecule has 1 heterocycles. The van der Waals surface area contributed by atoms with Crippen LogP contribution in [0.3, 0.4) is 0 Å². The molecule has 0 bridgehead atoms. The van der Waals surface area contributed by atoms with Crippen molar-refractivity contribution in [2.75, 3.05) is 19.6 Å². The van der Waals surface area contributed by atoms with Gasteiger partial charge in [0.05, 0.1) is 0 Å². The Hall–Kier alpha value is -0.340. The van der Waals surface area contributed by atoms with E-state index in [1.165, 1.54) is 45.3 Å². The van der Waals surface area contributed by atoms with Gasteiger partial charge in [-0.15, -0.1) is 0 Å². The molecule has 1 aliphatic heterocycles. The van der Waals surface area contributed by atoms with Crippen molar-refractivity contribution in [2.24, 2.45) is 5.92 Å². The number of nitrogens with one attached hydrogen (secondary N) is 1. The van der Waals surface area contributed by atoms with Crippen LogP contribution in [-0.2, 0) is 0 Å². The van der Waals surface area contributed by atoms with E-state index in [0.29, 0.717) is 6.04 Å². The van der Waals surface area contributed by atoms with Gasteiger partial charge >= 0.3 is 0 Å². The standard InChI is InChI=1S/C14H26N2/c1-12(2)10-13-11-16(9-5-8-15-13)14-6-3-4-7-14/h3-4,12-15H,5-11H2,1-2H3. The molecule has 0 aromatic heterocycles. The molecule has 2 aliphatic rings. The lowest BCUT2D eigenvalue weighted by Crippen LogP contribution is -2.42. The lowest BCUT2D eigenvalue weighted by Gasteiger charge is -2.30. The maximum atomic E-state index is 3.70. The van der Waals surface area contributed by atoms with E-state index in [4.69, 9.17) is 0 Å². The highest BCUT2D eigenvalue weighted by molar-refractivity contribution is 4.99. The van der Waals surface area contributed by atoms with E-state index >= 15 is 0 Å². The zero-order valence-corrected chi connectivity index (χ0v) is 10.8. The molecule has 0 saturated carbocycles. The molecule has 1 atom stereocenters. The van der Waals surface area contributed by atoms with Crippen LogP contribution in [0.5, 0.6) is 0 Å². The Morgan fingerprint density at radius 2 is 2.06 bits per heavy atom. The van der Waals surface area contributed by atoms with Gasteiger partial charge in [0.2, 0.25) is 0 Å². The number of hydrogen-bond donors (Lipinski definition) is 1. The highest BCUT2D eigenvalue weighted by Crippen LogP contribution is 2.20. The minimum Gasteiger partial charge on any atom is -0.313 e. The number of hydrogen-bond acceptors (Lipinski definition) is 2. The minimum absolute atomic E-state index is 0.711. The molecule has 1 saturated heterocycles. The fourth-order valence-electron chi connectivity index (χ4n) is 2.99. The minimum atomic E-state index is 0.711. The molecule has 92 valence electrons. The predicted octanol–water partition coefficient (Wildman–Crippen LogP) is 2.42. The molecule has 2 rings (SSSR count). The first kappa shape index (κ1) is 12.1. The summed E-state index contributed by atoms with van der Waals surface area (Å²) in [6.07, 6.45) is 9.87. The van der Waals surface area contributed by atoms with Gasteiger partial charge in [-0.3, -0.25) is 4.90 Å². The first-order valence-corrected chi connectivity index (χ1v) is 6.88. The Morgan fingerprint density at radius 3 is 2.75 bits per heavy atom. The van der Waals surface area contributed by atoms with Crippen molar-refractivity contribution in [3.05, 3.63) is 12.2 Å². The summed E-state index contributed by atoms with van der Waals surface area (Å²) in [6.45, 7) is 8.40. The number of nitrogens with zero attached hydrogens (tertiary/aromatic N) is 1. The van der Waals surface area contributed by atoms with Gasteiger partial charge in [0, 0.05) is 18.6 Å². The quantitative estimate of drug-likeness (QED) is 0.738. The third kappa shape index (κ3) is 3.33. The van der Waals surface area contributed by atoms with Crippen LogP contribution in [0, 0.1) is 5.92 Å². The SMILES string of the molecule is CC(C)CC1CN(C2CC=CC2)CCCN1. The molecule has 0 spiro atoms. The van der Waals surface area contributed by atoms with Gasteiger partial charge in [0.1, 0.15) is 0 Å². The van der Waals surface area contributed by atoms with Gasteiger partial charge in [0.25, 0.3) is 0 Å². The van der Waals surface area contributed by atoms with Crippen LogP contribution in [0.15, 0.2) is 12.2 Å². The molecule has 1 N–H and O–H groups in total. The van der Waals surface area contributed by atoms with E-state index in [1.807, 2.05) is 0 Å². The monoisotopic (exact) mass is 222 g/mol. The van der Waals surface area contributed by atoms with Crippen LogP contribution in [0.4, 0.5) is 0 Å². The molecule has 1 aliphatic carbocycles. The summed E-state index contributed by atoms with van der Waals surface area (Å²) in [5, 5.41) is 3.70. The van der Waals surface area contributed by atoms with Gasteiger partial charge in [-0.05, 0) is 44.7 Å². The van der Waals surface area contributed by atoms with Crippen LogP contribution < -0.4 is 5.32 Å². The first-order valence-electron chi connectivity index (χ1n) is 6.88. The van der Waals surface area contributed by atoms with E-state index in [9.17, 15) is 0 Å². The van der Waals surface area contributed by atoms with Crippen molar-refractivity contribution in [1.29, 1.82) is 0 Å². The van der Waals surface area contributed by atoms with Crippen molar-refractivity contribution < 1.29 is 0 Å². The van der Waals surface area contributed by atoms with Crippen molar-refractivity contribution in [3.8, 4) is 0 Å². The molecule has 0 aromatic rings. The van der Waals surface area contributed by atoms with E-state index in [-0.39, 0.29) is 0 Å². The lowest BCUT2D eigenvalue weighted by molar-refractivity contribution is 0.193. The Morgan fingerprint density at radius 1 is 1.31 bits per heavy atom. The van der Waals surface area contributed by atoms with Gasteiger partial charge in [-0.2, -0.15) is 0 Å². The summed E-state index contributed by atoms with van der Waals surface area (Å²) in [6, 6.07) is 1.51.